The Hall–Kier alpha value is -3.14. The topological polar surface area (TPSA) is 94.0 Å². The van der Waals surface area contributed by atoms with Gasteiger partial charge in [0.05, 0.1) is 23.5 Å². The summed E-state index contributed by atoms with van der Waals surface area (Å²) in [5.74, 6) is -2.75. The van der Waals surface area contributed by atoms with E-state index in [0.717, 1.165) is 11.8 Å². The van der Waals surface area contributed by atoms with Crippen LogP contribution in [0.15, 0.2) is 41.6 Å². The summed E-state index contributed by atoms with van der Waals surface area (Å²) in [5.41, 5.74) is 1.92. The van der Waals surface area contributed by atoms with E-state index in [1.54, 1.807) is 49.9 Å². The molecule has 0 bridgehead atoms. The van der Waals surface area contributed by atoms with Gasteiger partial charge in [0.1, 0.15) is 22.4 Å². The highest BCUT2D eigenvalue weighted by molar-refractivity contribution is 7.90. The van der Waals surface area contributed by atoms with Crippen molar-refractivity contribution in [3.05, 3.63) is 71.1 Å². The van der Waals surface area contributed by atoms with Gasteiger partial charge in [-0.3, -0.25) is 9.78 Å². The number of amides is 1. The summed E-state index contributed by atoms with van der Waals surface area (Å²) in [5, 5.41) is 0. The third kappa shape index (κ3) is 5.11. The molecule has 10 heteroatoms. The summed E-state index contributed by atoms with van der Waals surface area (Å²) in [6, 6.07) is 4.94. The van der Waals surface area contributed by atoms with Crippen LogP contribution in [0.4, 0.5) is 8.78 Å². The Morgan fingerprint density at radius 3 is 2.27 bits per heavy atom. The number of nitrogens with zero attached hydrogens (tertiary/aromatic N) is 3. The summed E-state index contributed by atoms with van der Waals surface area (Å²) in [7, 11) is -4.57. The number of carbonyl (C=O) groups is 1. The Morgan fingerprint density at radius 2 is 1.70 bits per heavy atom. The quantitative estimate of drug-likeness (QED) is 0.553. The summed E-state index contributed by atoms with van der Waals surface area (Å²) >= 11 is 0. The maximum absolute atomic E-state index is 14.3. The number of rotatable bonds is 7. The molecule has 1 N–H and O–H groups in total. The SMILES string of the molecule is Cc1nc(C(C)C)c(CC(=O)NS(=O)(=O)c2cc(C(C)C)c(F)cc2F)n1-c1ccncc1. The fourth-order valence-electron chi connectivity index (χ4n) is 3.65. The molecule has 0 unspecified atom stereocenters. The van der Waals surface area contributed by atoms with Crippen molar-refractivity contribution in [2.24, 2.45) is 0 Å². The van der Waals surface area contributed by atoms with Gasteiger partial charge in [-0.15, -0.1) is 0 Å². The highest BCUT2D eigenvalue weighted by Crippen LogP contribution is 2.26. The van der Waals surface area contributed by atoms with Gasteiger partial charge in [0.2, 0.25) is 5.91 Å². The minimum Gasteiger partial charge on any atom is -0.300 e. The van der Waals surface area contributed by atoms with Crippen molar-refractivity contribution in [3.63, 3.8) is 0 Å². The standard InChI is InChI=1S/C23H26F2N4O3S/c1-13(2)17-10-21(19(25)11-18(17)24)33(31,32)28-22(30)12-20-23(14(3)4)27-15(5)29(20)16-6-8-26-9-7-16/h6-11,13-14H,12H2,1-5H3,(H,28,30). The third-order valence-electron chi connectivity index (χ3n) is 5.18. The van der Waals surface area contributed by atoms with E-state index in [0.29, 0.717) is 23.3 Å². The van der Waals surface area contributed by atoms with Crippen molar-refractivity contribution in [3.8, 4) is 5.69 Å². The summed E-state index contributed by atoms with van der Waals surface area (Å²) in [4.78, 5) is 20.6. The lowest BCUT2D eigenvalue weighted by Crippen LogP contribution is -2.33. The molecule has 0 spiro atoms. The monoisotopic (exact) mass is 476 g/mol. The van der Waals surface area contributed by atoms with Gasteiger partial charge in [-0.2, -0.15) is 0 Å². The molecule has 0 aliphatic rings. The second kappa shape index (κ2) is 9.38. The van der Waals surface area contributed by atoms with E-state index in [1.165, 1.54) is 0 Å². The number of sulfonamides is 1. The number of benzene rings is 1. The van der Waals surface area contributed by atoms with Crippen molar-refractivity contribution in [2.75, 3.05) is 0 Å². The molecule has 3 aromatic rings. The maximum Gasteiger partial charge on any atom is 0.266 e. The average Bonchev–Trinajstić information content (AvgIpc) is 3.03. The van der Waals surface area contributed by atoms with Gasteiger partial charge in [-0.05, 0) is 42.5 Å². The van der Waals surface area contributed by atoms with Crippen molar-refractivity contribution in [1.82, 2.24) is 19.3 Å². The van der Waals surface area contributed by atoms with Gasteiger partial charge < -0.3 is 4.57 Å². The maximum atomic E-state index is 14.3. The molecule has 1 amide bonds. The molecular weight excluding hydrogens is 450 g/mol. The fraction of sp³-hybridized carbons (Fsp3) is 0.348. The molecular formula is C23H26F2N4O3S. The van der Waals surface area contributed by atoms with E-state index in [4.69, 9.17) is 0 Å². The molecule has 1 aromatic carbocycles. The third-order valence-corrected chi connectivity index (χ3v) is 6.57. The molecule has 2 heterocycles. The van der Waals surface area contributed by atoms with Gasteiger partial charge in [-0.1, -0.05) is 27.7 Å². The number of nitrogens with one attached hydrogen (secondary N) is 1. The average molecular weight is 477 g/mol. The first-order valence-electron chi connectivity index (χ1n) is 10.5. The minimum atomic E-state index is -4.57. The first-order valence-corrected chi connectivity index (χ1v) is 11.9. The molecule has 2 aromatic heterocycles. The fourth-order valence-corrected chi connectivity index (χ4v) is 4.73. The first kappa shape index (κ1) is 24.5. The molecule has 33 heavy (non-hydrogen) atoms. The highest BCUT2D eigenvalue weighted by atomic mass is 32.2. The predicted molar refractivity (Wildman–Crippen MR) is 120 cm³/mol. The zero-order valence-electron chi connectivity index (χ0n) is 19.1. The summed E-state index contributed by atoms with van der Waals surface area (Å²) in [6.45, 7) is 8.92. The van der Waals surface area contributed by atoms with Crippen LogP contribution in [0, 0.1) is 18.6 Å². The number of aromatic nitrogens is 3. The van der Waals surface area contributed by atoms with Crippen LogP contribution in [0.5, 0.6) is 0 Å². The lowest BCUT2D eigenvalue weighted by Gasteiger charge is -2.14. The highest BCUT2D eigenvalue weighted by Gasteiger charge is 2.27. The van der Waals surface area contributed by atoms with Crippen molar-refractivity contribution < 1.29 is 22.0 Å². The number of halogens is 2. The molecule has 0 saturated carbocycles. The van der Waals surface area contributed by atoms with E-state index in [9.17, 15) is 22.0 Å². The number of aryl methyl sites for hydroxylation is 1. The molecule has 0 aliphatic carbocycles. The predicted octanol–water partition coefficient (Wildman–Crippen LogP) is 4.15. The van der Waals surface area contributed by atoms with Crippen LogP contribution in [0.25, 0.3) is 5.69 Å². The van der Waals surface area contributed by atoms with Crippen LogP contribution in [0.1, 0.15) is 62.3 Å². The Morgan fingerprint density at radius 1 is 1.06 bits per heavy atom. The van der Waals surface area contributed by atoms with Gasteiger partial charge in [0.15, 0.2) is 0 Å². The van der Waals surface area contributed by atoms with Gasteiger partial charge in [-0.25, -0.2) is 26.9 Å². The molecule has 3 rings (SSSR count). The molecule has 0 atom stereocenters. The molecule has 0 aliphatic heterocycles. The van der Waals surface area contributed by atoms with E-state index >= 15 is 0 Å². The van der Waals surface area contributed by atoms with Crippen molar-refractivity contribution >= 4 is 15.9 Å². The summed E-state index contributed by atoms with van der Waals surface area (Å²) < 4.78 is 57.6. The van der Waals surface area contributed by atoms with E-state index in [1.807, 2.05) is 18.6 Å². The van der Waals surface area contributed by atoms with Crippen LogP contribution in [0.2, 0.25) is 0 Å². The Balaban J connectivity index is 1.97. The van der Waals surface area contributed by atoms with E-state index in [-0.39, 0.29) is 23.8 Å². The van der Waals surface area contributed by atoms with E-state index < -0.39 is 32.5 Å². The lowest BCUT2D eigenvalue weighted by atomic mass is 10.0. The Bertz CT molecular complexity index is 1290. The van der Waals surface area contributed by atoms with Crippen molar-refractivity contribution in [1.29, 1.82) is 0 Å². The van der Waals surface area contributed by atoms with Crippen LogP contribution in [-0.4, -0.2) is 28.9 Å². The second-order valence-corrected chi connectivity index (χ2v) is 10.0. The van der Waals surface area contributed by atoms with Gasteiger partial charge in [0.25, 0.3) is 10.0 Å². The van der Waals surface area contributed by atoms with Crippen molar-refractivity contribution in [2.45, 2.75) is 57.8 Å². The largest absolute Gasteiger partial charge is 0.300 e. The molecule has 0 saturated heterocycles. The van der Waals surface area contributed by atoms with Gasteiger partial charge >= 0.3 is 0 Å². The molecule has 0 radical (unpaired) electrons. The van der Waals surface area contributed by atoms with Crippen LogP contribution in [-0.2, 0) is 21.2 Å². The van der Waals surface area contributed by atoms with Crippen LogP contribution in [0.3, 0.4) is 0 Å². The number of imidazole rings is 1. The number of pyridine rings is 1. The zero-order chi connectivity index (χ0) is 24.5. The number of hydrogen-bond acceptors (Lipinski definition) is 5. The number of carbonyl (C=O) groups excluding carboxylic acids is 1. The smallest absolute Gasteiger partial charge is 0.266 e. The second-order valence-electron chi connectivity index (χ2n) is 8.35. The van der Waals surface area contributed by atoms with Gasteiger partial charge in [0, 0.05) is 18.5 Å². The summed E-state index contributed by atoms with van der Waals surface area (Å²) in [6.07, 6.45) is 2.89. The number of hydrogen-bond donors (Lipinski definition) is 1. The zero-order valence-corrected chi connectivity index (χ0v) is 19.9. The normalized spacial score (nSPS) is 11.9. The molecule has 0 fully saturated rings. The van der Waals surface area contributed by atoms with Crippen LogP contribution < -0.4 is 4.72 Å². The molecule has 7 nitrogen and oxygen atoms in total. The lowest BCUT2D eigenvalue weighted by molar-refractivity contribution is -0.118. The Kier molecular flexibility index (Phi) is 6.97. The first-order chi connectivity index (χ1) is 15.4. The Labute approximate surface area is 191 Å². The van der Waals surface area contributed by atoms with Crippen LogP contribution >= 0.6 is 0 Å². The van der Waals surface area contributed by atoms with E-state index in [2.05, 4.69) is 9.97 Å². The molecule has 176 valence electrons. The minimum absolute atomic E-state index is 0.0330.